The Balaban J connectivity index is 2.61. The van der Waals surface area contributed by atoms with Crippen LogP contribution in [0.25, 0.3) is 11.0 Å². The highest BCUT2D eigenvalue weighted by Gasteiger charge is 2.14. The number of hydrogen-bond donors (Lipinski definition) is 1. The van der Waals surface area contributed by atoms with Crippen LogP contribution >= 0.6 is 0 Å². The number of hydrogen-bond acceptors (Lipinski definition) is 3. The highest BCUT2D eigenvalue weighted by molar-refractivity contribution is 5.78. The molecule has 1 atom stereocenters. The first kappa shape index (κ1) is 11.9. The average molecular weight is 233 g/mol. The Morgan fingerprint density at radius 2 is 2.18 bits per heavy atom. The highest BCUT2D eigenvalue weighted by Crippen LogP contribution is 2.24. The van der Waals surface area contributed by atoms with E-state index in [2.05, 4.69) is 23.4 Å². The van der Waals surface area contributed by atoms with Crippen LogP contribution in [0.15, 0.2) is 18.2 Å². The number of benzene rings is 1. The lowest BCUT2D eigenvalue weighted by Crippen LogP contribution is -2.15. The largest absolute Gasteiger partial charge is 0.497 e. The van der Waals surface area contributed by atoms with Crippen LogP contribution < -0.4 is 10.5 Å². The summed E-state index contributed by atoms with van der Waals surface area (Å²) in [4.78, 5) is 4.62. The second-order valence-corrected chi connectivity index (χ2v) is 4.08. The van der Waals surface area contributed by atoms with E-state index in [0.717, 1.165) is 35.6 Å². The van der Waals surface area contributed by atoms with Crippen molar-refractivity contribution in [1.29, 1.82) is 0 Å². The Labute approximate surface area is 101 Å². The summed E-state index contributed by atoms with van der Waals surface area (Å²) in [5.41, 5.74) is 8.16. The molecule has 0 radical (unpaired) electrons. The van der Waals surface area contributed by atoms with E-state index in [1.807, 2.05) is 18.2 Å². The molecule has 17 heavy (non-hydrogen) atoms. The molecular weight excluding hydrogens is 214 g/mol. The van der Waals surface area contributed by atoms with Gasteiger partial charge in [0.2, 0.25) is 0 Å². The van der Waals surface area contributed by atoms with E-state index >= 15 is 0 Å². The Hall–Kier alpha value is -1.55. The molecule has 0 bridgehead atoms. The summed E-state index contributed by atoms with van der Waals surface area (Å²) < 4.78 is 7.38. The van der Waals surface area contributed by atoms with E-state index in [9.17, 15) is 0 Å². The highest BCUT2D eigenvalue weighted by atomic mass is 16.5. The van der Waals surface area contributed by atoms with E-state index in [-0.39, 0.29) is 6.04 Å². The first-order valence-corrected chi connectivity index (χ1v) is 6.01. The quantitative estimate of drug-likeness (QED) is 0.882. The van der Waals surface area contributed by atoms with Crippen LogP contribution in [0.5, 0.6) is 5.75 Å². The van der Waals surface area contributed by atoms with E-state index in [0.29, 0.717) is 0 Å². The van der Waals surface area contributed by atoms with Gasteiger partial charge in [0.1, 0.15) is 11.6 Å². The molecule has 0 amide bonds. The molecular formula is C13H19N3O. The van der Waals surface area contributed by atoms with Gasteiger partial charge in [-0.1, -0.05) is 6.92 Å². The van der Waals surface area contributed by atoms with Crippen molar-refractivity contribution in [2.45, 2.75) is 32.9 Å². The van der Waals surface area contributed by atoms with Crippen LogP contribution in [-0.4, -0.2) is 16.7 Å². The monoisotopic (exact) mass is 233 g/mol. The summed E-state index contributed by atoms with van der Waals surface area (Å²) >= 11 is 0. The first-order chi connectivity index (χ1) is 8.21. The van der Waals surface area contributed by atoms with Crippen LogP contribution in [0, 0.1) is 0 Å². The molecule has 2 aromatic rings. The van der Waals surface area contributed by atoms with Gasteiger partial charge in [-0.3, -0.25) is 0 Å². The molecule has 92 valence electrons. The van der Waals surface area contributed by atoms with Crippen molar-refractivity contribution in [3.63, 3.8) is 0 Å². The van der Waals surface area contributed by atoms with Crippen molar-refractivity contribution in [3.8, 4) is 5.75 Å². The summed E-state index contributed by atoms with van der Waals surface area (Å²) in [6, 6.07) is 5.94. The van der Waals surface area contributed by atoms with Gasteiger partial charge < -0.3 is 15.0 Å². The summed E-state index contributed by atoms with van der Waals surface area (Å²) in [6.07, 6.45) is 0.889. The zero-order valence-corrected chi connectivity index (χ0v) is 10.6. The molecule has 1 unspecified atom stereocenters. The fraction of sp³-hybridized carbons (Fsp3) is 0.462. The number of nitrogens with zero attached hydrogens (tertiary/aromatic N) is 2. The maximum atomic E-state index is 6.09. The normalized spacial score (nSPS) is 12.9. The minimum absolute atomic E-state index is 0.00616. The Morgan fingerprint density at radius 3 is 2.76 bits per heavy atom. The third kappa shape index (κ3) is 2.00. The van der Waals surface area contributed by atoms with Gasteiger partial charge in [0.15, 0.2) is 0 Å². The van der Waals surface area contributed by atoms with Crippen molar-refractivity contribution >= 4 is 11.0 Å². The fourth-order valence-electron chi connectivity index (χ4n) is 2.05. The number of methoxy groups -OCH3 is 1. The van der Waals surface area contributed by atoms with Gasteiger partial charge >= 0.3 is 0 Å². The summed E-state index contributed by atoms with van der Waals surface area (Å²) in [6.45, 7) is 5.06. The fourth-order valence-corrected chi connectivity index (χ4v) is 2.05. The Morgan fingerprint density at radius 1 is 1.41 bits per heavy atom. The lowest BCUT2D eigenvalue weighted by atomic mass is 10.2. The number of aryl methyl sites for hydroxylation is 1. The number of ether oxygens (including phenoxy) is 1. The van der Waals surface area contributed by atoms with Crippen LogP contribution in [0.4, 0.5) is 0 Å². The summed E-state index contributed by atoms with van der Waals surface area (Å²) in [5.74, 6) is 1.79. The van der Waals surface area contributed by atoms with Crippen LogP contribution in [0.2, 0.25) is 0 Å². The number of fused-ring (bicyclic) bond motifs is 1. The van der Waals surface area contributed by atoms with E-state index < -0.39 is 0 Å². The number of imidazole rings is 1. The Bertz CT molecular complexity index is 519. The molecule has 0 aliphatic carbocycles. The smallest absolute Gasteiger partial charge is 0.126 e. The van der Waals surface area contributed by atoms with Crippen molar-refractivity contribution in [2.24, 2.45) is 5.73 Å². The minimum atomic E-state index is -0.00616. The predicted octanol–water partition coefficient (Wildman–Crippen LogP) is 2.47. The molecule has 4 heteroatoms. The molecule has 0 fully saturated rings. The molecule has 0 saturated heterocycles. The van der Waals surface area contributed by atoms with Gasteiger partial charge in [0.05, 0.1) is 24.2 Å². The molecule has 0 aliphatic heterocycles. The average Bonchev–Trinajstić information content (AvgIpc) is 2.74. The summed E-state index contributed by atoms with van der Waals surface area (Å²) in [5, 5.41) is 0. The molecule has 1 heterocycles. The van der Waals surface area contributed by atoms with Crippen LogP contribution in [0.1, 0.15) is 32.1 Å². The molecule has 0 spiro atoms. The van der Waals surface area contributed by atoms with Crippen molar-refractivity contribution in [1.82, 2.24) is 9.55 Å². The maximum absolute atomic E-state index is 6.09. The lowest BCUT2D eigenvalue weighted by molar-refractivity contribution is 0.415. The van der Waals surface area contributed by atoms with Gasteiger partial charge in [-0.25, -0.2) is 4.98 Å². The number of aromatic nitrogens is 2. The second-order valence-electron chi connectivity index (χ2n) is 4.08. The molecule has 1 aromatic carbocycles. The third-order valence-corrected chi connectivity index (χ3v) is 3.07. The molecule has 1 aromatic heterocycles. The summed E-state index contributed by atoms with van der Waals surface area (Å²) in [7, 11) is 1.66. The Kier molecular flexibility index (Phi) is 3.33. The minimum Gasteiger partial charge on any atom is -0.497 e. The van der Waals surface area contributed by atoms with Gasteiger partial charge in [-0.05, 0) is 25.5 Å². The third-order valence-electron chi connectivity index (χ3n) is 3.07. The zero-order chi connectivity index (χ0) is 12.4. The number of rotatable bonds is 4. The first-order valence-electron chi connectivity index (χ1n) is 6.01. The van der Waals surface area contributed by atoms with Gasteiger partial charge in [-0.15, -0.1) is 0 Å². The predicted molar refractivity (Wildman–Crippen MR) is 69.2 cm³/mol. The molecule has 0 aliphatic rings. The van der Waals surface area contributed by atoms with E-state index in [4.69, 9.17) is 10.5 Å². The van der Waals surface area contributed by atoms with Crippen LogP contribution in [0.3, 0.4) is 0 Å². The molecule has 0 saturated carbocycles. The SMILES string of the molecule is CCC(N)c1nc2cc(OC)ccc2n1CC. The maximum Gasteiger partial charge on any atom is 0.126 e. The van der Waals surface area contributed by atoms with E-state index in [1.54, 1.807) is 7.11 Å². The number of nitrogens with two attached hydrogens (primary N) is 1. The topological polar surface area (TPSA) is 53.1 Å². The zero-order valence-electron chi connectivity index (χ0n) is 10.6. The van der Waals surface area contributed by atoms with Gasteiger partial charge in [0.25, 0.3) is 0 Å². The second kappa shape index (κ2) is 4.75. The van der Waals surface area contributed by atoms with Crippen molar-refractivity contribution in [3.05, 3.63) is 24.0 Å². The van der Waals surface area contributed by atoms with Gasteiger partial charge in [0, 0.05) is 12.6 Å². The molecule has 2 N–H and O–H groups in total. The van der Waals surface area contributed by atoms with Crippen molar-refractivity contribution in [2.75, 3.05) is 7.11 Å². The van der Waals surface area contributed by atoms with E-state index in [1.165, 1.54) is 0 Å². The van der Waals surface area contributed by atoms with Crippen molar-refractivity contribution < 1.29 is 4.74 Å². The van der Waals surface area contributed by atoms with Crippen LogP contribution in [-0.2, 0) is 6.54 Å². The molecule has 4 nitrogen and oxygen atoms in total. The standard InChI is InChI=1S/C13H19N3O/c1-4-10(14)13-15-11-8-9(17-3)6-7-12(11)16(13)5-2/h6-8,10H,4-5,14H2,1-3H3. The lowest BCUT2D eigenvalue weighted by Gasteiger charge is -2.10. The molecule has 2 rings (SSSR count). The van der Waals surface area contributed by atoms with Gasteiger partial charge in [-0.2, -0.15) is 0 Å².